The summed E-state index contributed by atoms with van der Waals surface area (Å²) in [5.41, 5.74) is 1.19. The lowest BCUT2D eigenvalue weighted by atomic mass is 10.2. The molecule has 1 aromatic carbocycles. The van der Waals surface area contributed by atoms with E-state index in [-0.39, 0.29) is 6.04 Å². The Bertz CT molecular complexity index is 365. The summed E-state index contributed by atoms with van der Waals surface area (Å²) in [5, 5.41) is 3.36. The number of rotatable bonds is 8. The Hall–Kier alpha value is -0.710. The number of aryl methyl sites for hydroxylation is 1. The highest BCUT2D eigenvalue weighted by molar-refractivity contribution is 7.85. The van der Waals surface area contributed by atoms with E-state index in [1.807, 2.05) is 31.2 Å². The summed E-state index contributed by atoms with van der Waals surface area (Å²) in [4.78, 5) is 0.889. The van der Waals surface area contributed by atoms with Gasteiger partial charge >= 0.3 is 0 Å². The van der Waals surface area contributed by atoms with Gasteiger partial charge in [0.25, 0.3) is 0 Å². The second-order valence-electron chi connectivity index (χ2n) is 4.43. The second-order valence-corrected chi connectivity index (χ2v) is 5.93. The molecule has 0 aliphatic heterocycles. The van der Waals surface area contributed by atoms with Gasteiger partial charge in [0.05, 0.1) is 17.4 Å². The van der Waals surface area contributed by atoms with Crippen molar-refractivity contribution in [2.75, 3.05) is 26.0 Å². The van der Waals surface area contributed by atoms with Crippen molar-refractivity contribution in [2.45, 2.75) is 31.2 Å². The third kappa shape index (κ3) is 5.29. The van der Waals surface area contributed by atoms with E-state index in [0.717, 1.165) is 17.9 Å². The molecule has 0 aliphatic carbocycles. The van der Waals surface area contributed by atoms with Crippen LogP contribution >= 0.6 is 0 Å². The maximum atomic E-state index is 12.2. The molecule has 0 aromatic heterocycles. The van der Waals surface area contributed by atoms with Gasteiger partial charge in [0, 0.05) is 23.8 Å². The Morgan fingerprint density at radius 2 is 2.00 bits per heavy atom. The maximum Gasteiger partial charge on any atom is 0.0624 e. The molecule has 2 unspecified atom stereocenters. The lowest BCUT2D eigenvalue weighted by Crippen LogP contribution is -2.38. The molecular weight excluding hydrogens is 246 g/mol. The van der Waals surface area contributed by atoms with Gasteiger partial charge in [0.15, 0.2) is 0 Å². The molecule has 1 aromatic rings. The topological polar surface area (TPSA) is 38.3 Å². The standard InChI is InChI=1S/C14H23NO2S/c1-4-9-15-13(10-17-3)11-18(16)14-7-5-12(2)6-8-14/h5-8,13,15H,4,9-11H2,1-3H3. The fourth-order valence-electron chi connectivity index (χ4n) is 1.68. The molecule has 0 spiro atoms. The molecule has 102 valence electrons. The van der Waals surface area contributed by atoms with Crippen molar-refractivity contribution < 1.29 is 8.95 Å². The molecule has 0 saturated heterocycles. The first kappa shape index (κ1) is 15.3. The van der Waals surface area contributed by atoms with Crippen LogP contribution in [-0.4, -0.2) is 36.3 Å². The normalized spacial score (nSPS) is 14.4. The summed E-state index contributed by atoms with van der Waals surface area (Å²) < 4.78 is 17.4. The van der Waals surface area contributed by atoms with Crippen LogP contribution in [0, 0.1) is 6.92 Å². The van der Waals surface area contributed by atoms with Gasteiger partial charge in [-0.2, -0.15) is 0 Å². The SMILES string of the molecule is CCCNC(COC)CS(=O)c1ccc(C)cc1. The fourth-order valence-corrected chi connectivity index (χ4v) is 2.90. The van der Waals surface area contributed by atoms with Crippen molar-refractivity contribution in [1.29, 1.82) is 0 Å². The van der Waals surface area contributed by atoms with Crippen LogP contribution in [0.3, 0.4) is 0 Å². The molecule has 0 saturated carbocycles. The molecule has 0 aliphatic rings. The molecule has 1 N–H and O–H groups in total. The van der Waals surface area contributed by atoms with Crippen LogP contribution in [0.1, 0.15) is 18.9 Å². The Morgan fingerprint density at radius 3 is 2.56 bits per heavy atom. The van der Waals surface area contributed by atoms with Gasteiger partial charge < -0.3 is 10.1 Å². The minimum Gasteiger partial charge on any atom is -0.383 e. The van der Waals surface area contributed by atoms with Crippen molar-refractivity contribution in [3.05, 3.63) is 29.8 Å². The Morgan fingerprint density at radius 1 is 1.33 bits per heavy atom. The highest BCUT2D eigenvalue weighted by atomic mass is 32.2. The van der Waals surface area contributed by atoms with Crippen LogP contribution in [0.2, 0.25) is 0 Å². The van der Waals surface area contributed by atoms with Crippen molar-refractivity contribution in [2.24, 2.45) is 0 Å². The van der Waals surface area contributed by atoms with E-state index in [1.54, 1.807) is 7.11 Å². The average Bonchev–Trinajstić information content (AvgIpc) is 2.37. The summed E-state index contributed by atoms with van der Waals surface area (Å²) in [5.74, 6) is 0.594. The molecule has 2 atom stereocenters. The molecule has 0 amide bonds. The minimum atomic E-state index is -0.969. The van der Waals surface area contributed by atoms with E-state index >= 15 is 0 Å². The van der Waals surface area contributed by atoms with Crippen molar-refractivity contribution in [3.8, 4) is 0 Å². The smallest absolute Gasteiger partial charge is 0.0624 e. The summed E-state index contributed by atoms with van der Waals surface area (Å²) >= 11 is 0. The molecule has 0 fully saturated rings. The molecule has 1 rings (SSSR count). The highest BCUT2D eigenvalue weighted by Gasteiger charge is 2.13. The van der Waals surface area contributed by atoms with E-state index in [1.165, 1.54) is 5.56 Å². The summed E-state index contributed by atoms with van der Waals surface area (Å²) in [7, 11) is 0.707. The van der Waals surface area contributed by atoms with E-state index in [9.17, 15) is 4.21 Å². The van der Waals surface area contributed by atoms with Crippen LogP contribution in [0.4, 0.5) is 0 Å². The highest BCUT2D eigenvalue weighted by Crippen LogP contribution is 2.09. The van der Waals surface area contributed by atoms with Crippen LogP contribution in [0.25, 0.3) is 0 Å². The van der Waals surface area contributed by atoms with Crippen LogP contribution in [0.15, 0.2) is 29.2 Å². The van der Waals surface area contributed by atoms with E-state index in [2.05, 4.69) is 12.2 Å². The third-order valence-corrected chi connectivity index (χ3v) is 4.19. The molecule has 3 nitrogen and oxygen atoms in total. The van der Waals surface area contributed by atoms with E-state index in [0.29, 0.717) is 12.4 Å². The summed E-state index contributed by atoms with van der Waals surface area (Å²) in [6.45, 7) is 5.67. The zero-order chi connectivity index (χ0) is 13.4. The Labute approximate surface area is 112 Å². The van der Waals surface area contributed by atoms with Gasteiger partial charge in [-0.15, -0.1) is 0 Å². The number of methoxy groups -OCH3 is 1. The van der Waals surface area contributed by atoms with Gasteiger partial charge in [-0.25, -0.2) is 0 Å². The maximum absolute atomic E-state index is 12.2. The fraction of sp³-hybridized carbons (Fsp3) is 0.571. The van der Waals surface area contributed by atoms with Crippen molar-refractivity contribution >= 4 is 10.8 Å². The lowest BCUT2D eigenvalue weighted by Gasteiger charge is -2.17. The first-order chi connectivity index (χ1) is 8.67. The van der Waals surface area contributed by atoms with Gasteiger partial charge in [0.2, 0.25) is 0 Å². The molecule has 0 radical (unpaired) electrons. The zero-order valence-corrected chi connectivity index (χ0v) is 12.3. The Kier molecular flexibility index (Phi) is 7.16. The van der Waals surface area contributed by atoms with Crippen LogP contribution in [0.5, 0.6) is 0 Å². The summed E-state index contributed by atoms with van der Waals surface area (Å²) in [6.07, 6.45) is 1.07. The van der Waals surface area contributed by atoms with Crippen molar-refractivity contribution in [3.63, 3.8) is 0 Å². The Balaban J connectivity index is 2.56. The number of hydrogen-bond donors (Lipinski definition) is 1. The van der Waals surface area contributed by atoms with Gasteiger partial charge in [-0.05, 0) is 32.0 Å². The average molecular weight is 269 g/mol. The third-order valence-electron chi connectivity index (χ3n) is 2.69. The number of benzene rings is 1. The molecule has 0 heterocycles. The van der Waals surface area contributed by atoms with Gasteiger partial charge in [0.1, 0.15) is 0 Å². The van der Waals surface area contributed by atoms with Crippen molar-refractivity contribution in [1.82, 2.24) is 5.32 Å². The molecular formula is C14H23NO2S. The quantitative estimate of drug-likeness (QED) is 0.785. The summed E-state index contributed by atoms with van der Waals surface area (Å²) in [6, 6.07) is 8.03. The minimum absolute atomic E-state index is 0.150. The predicted octanol–water partition coefficient (Wildman–Crippen LogP) is 2.12. The largest absolute Gasteiger partial charge is 0.383 e. The van der Waals surface area contributed by atoms with Gasteiger partial charge in [-0.1, -0.05) is 24.6 Å². The number of ether oxygens (including phenoxy) is 1. The predicted molar refractivity (Wildman–Crippen MR) is 76.4 cm³/mol. The molecule has 4 heteroatoms. The van der Waals surface area contributed by atoms with E-state index in [4.69, 9.17) is 4.74 Å². The first-order valence-corrected chi connectivity index (χ1v) is 7.66. The zero-order valence-electron chi connectivity index (χ0n) is 11.4. The second kappa shape index (κ2) is 8.40. The van der Waals surface area contributed by atoms with E-state index < -0.39 is 10.8 Å². The van der Waals surface area contributed by atoms with Gasteiger partial charge in [-0.3, -0.25) is 4.21 Å². The first-order valence-electron chi connectivity index (χ1n) is 6.34. The van der Waals surface area contributed by atoms with Crippen LogP contribution < -0.4 is 5.32 Å². The molecule has 0 bridgehead atoms. The van der Waals surface area contributed by atoms with Crippen LogP contribution in [-0.2, 0) is 15.5 Å². The molecule has 18 heavy (non-hydrogen) atoms. The number of nitrogens with one attached hydrogen (secondary N) is 1. The lowest BCUT2D eigenvalue weighted by molar-refractivity contribution is 0.173. The number of hydrogen-bond acceptors (Lipinski definition) is 3. The monoisotopic (exact) mass is 269 g/mol.